The fraction of sp³-hybridized carbons (Fsp3) is 1.00. The molecule has 1 aliphatic rings. The molecule has 0 spiro atoms. The number of nitrogens with one attached hydrogen (secondary N) is 1. The SMILES string of the molecule is CCC1CCCCC1NS(C)(=O)=O. The second-order valence-electron chi connectivity index (χ2n) is 3.95. The largest absolute Gasteiger partial charge is 0.213 e. The van der Waals surface area contributed by atoms with Crippen LogP contribution < -0.4 is 4.72 Å². The van der Waals surface area contributed by atoms with Gasteiger partial charge >= 0.3 is 0 Å². The topological polar surface area (TPSA) is 46.2 Å². The average Bonchev–Trinajstić information content (AvgIpc) is 2.02. The maximum absolute atomic E-state index is 11.0. The smallest absolute Gasteiger partial charge is 0.208 e. The van der Waals surface area contributed by atoms with Gasteiger partial charge in [0.1, 0.15) is 0 Å². The zero-order valence-electron chi connectivity index (χ0n) is 8.41. The summed E-state index contributed by atoms with van der Waals surface area (Å²) >= 11 is 0. The first-order valence-electron chi connectivity index (χ1n) is 5.00. The van der Waals surface area contributed by atoms with Crippen LogP contribution >= 0.6 is 0 Å². The number of hydrogen-bond acceptors (Lipinski definition) is 2. The Morgan fingerprint density at radius 3 is 2.46 bits per heavy atom. The zero-order valence-corrected chi connectivity index (χ0v) is 9.23. The molecule has 4 heteroatoms. The number of sulfonamides is 1. The highest BCUT2D eigenvalue weighted by Crippen LogP contribution is 2.26. The molecule has 0 radical (unpaired) electrons. The predicted octanol–water partition coefficient (Wildman–Crippen LogP) is 1.50. The van der Waals surface area contributed by atoms with Crippen molar-refractivity contribution in [3.05, 3.63) is 0 Å². The van der Waals surface area contributed by atoms with E-state index >= 15 is 0 Å². The van der Waals surface area contributed by atoms with Gasteiger partial charge in [0.25, 0.3) is 0 Å². The van der Waals surface area contributed by atoms with Crippen molar-refractivity contribution < 1.29 is 8.42 Å². The van der Waals surface area contributed by atoms with Crippen LogP contribution in [0.5, 0.6) is 0 Å². The van der Waals surface area contributed by atoms with E-state index in [9.17, 15) is 8.42 Å². The lowest BCUT2D eigenvalue weighted by molar-refractivity contribution is 0.282. The van der Waals surface area contributed by atoms with Crippen LogP contribution in [0.15, 0.2) is 0 Å². The van der Waals surface area contributed by atoms with E-state index in [1.165, 1.54) is 19.1 Å². The Bertz CT molecular complexity index is 248. The van der Waals surface area contributed by atoms with Gasteiger partial charge in [-0.25, -0.2) is 13.1 Å². The van der Waals surface area contributed by atoms with Gasteiger partial charge in [-0.3, -0.25) is 0 Å². The van der Waals surface area contributed by atoms with E-state index in [1.807, 2.05) is 0 Å². The van der Waals surface area contributed by atoms with Gasteiger partial charge < -0.3 is 0 Å². The number of rotatable bonds is 3. The summed E-state index contributed by atoms with van der Waals surface area (Å²) in [5.41, 5.74) is 0. The Labute approximate surface area is 81.0 Å². The predicted molar refractivity (Wildman–Crippen MR) is 54.0 cm³/mol. The average molecular weight is 205 g/mol. The van der Waals surface area contributed by atoms with Gasteiger partial charge in [0.05, 0.1) is 6.26 Å². The van der Waals surface area contributed by atoms with Crippen molar-refractivity contribution in [2.45, 2.75) is 45.1 Å². The van der Waals surface area contributed by atoms with Crippen molar-refractivity contribution >= 4 is 10.0 Å². The third-order valence-corrected chi connectivity index (χ3v) is 3.53. The molecule has 0 bridgehead atoms. The highest BCUT2D eigenvalue weighted by Gasteiger charge is 2.25. The van der Waals surface area contributed by atoms with Crippen LogP contribution in [0.1, 0.15) is 39.0 Å². The van der Waals surface area contributed by atoms with Gasteiger partial charge in [0.2, 0.25) is 10.0 Å². The van der Waals surface area contributed by atoms with Crippen LogP contribution in [0.25, 0.3) is 0 Å². The van der Waals surface area contributed by atoms with E-state index in [1.54, 1.807) is 0 Å². The summed E-state index contributed by atoms with van der Waals surface area (Å²) in [6.07, 6.45) is 6.90. The molecule has 13 heavy (non-hydrogen) atoms. The van der Waals surface area contributed by atoms with Crippen LogP contribution in [0, 0.1) is 5.92 Å². The first-order valence-corrected chi connectivity index (χ1v) is 6.89. The normalized spacial score (nSPS) is 30.3. The molecule has 1 N–H and O–H groups in total. The molecule has 0 aromatic carbocycles. The zero-order chi connectivity index (χ0) is 9.90. The summed E-state index contributed by atoms with van der Waals surface area (Å²) < 4.78 is 24.8. The molecular weight excluding hydrogens is 186 g/mol. The van der Waals surface area contributed by atoms with Crippen LogP contribution in [-0.4, -0.2) is 20.7 Å². The maximum Gasteiger partial charge on any atom is 0.208 e. The molecule has 1 fully saturated rings. The van der Waals surface area contributed by atoms with Crippen molar-refractivity contribution in [1.82, 2.24) is 4.72 Å². The van der Waals surface area contributed by atoms with Gasteiger partial charge in [-0.15, -0.1) is 0 Å². The summed E-state index contributed by atoms with van der Waals surface area (Å²) in [4.78, 5) is 0. The monoisotopic (exact) mass is 205 g/mol. The molecule has 0 aliphatic heterocycles. The molecule has 0 saturated heterocycles. The standard InChI is InChI=1S/C9H19NO2S/c1-3-8-6-4-5-7-9(8)10-13(2,11)12/h8-10H,3-7H2,1-2H3. The van der Waals surface area contributed by atoms with E-state index in [0.717, 1.165) is 19.3 Å². The van der Waals surface area contributed by atoms with Crippen LogP contribution in [0.4, 0.5) is 0 Å². The quantitative estimate of drug-likeness (QED) is 0.759. The van der Waals surface area contributed by atoms with Gasteiger partial charge in [-0.05, 0) is 18.8 Å². The van der Waals surface area contributed by atoms with Crippen LogP contribution in [0.2, 0.25) is 0 Å². The Hall–Kier alpha value is -0.0900. The summed E-state index contributed by atoms with van der Waals surface area (Å²) in [5, 5.41) is 0. The third-order valence-electron chi connectivity index (χ3n) is 2.80. The molecule has 1 rings (SSSR count). The minimum atomic E-state index is -3.02. The van der Waals surface area contributed by atoms with Crippen molar-refractivity contribution in [2.75, 3.05) is 6.26 Å². The molecule has 1 aliphatic carbocycles. The molecule has 2 atom stereocenters. The van der Waals surface area contributed by atoms with Crippen molar-refractivity contribution in [3.63, 3.8) is 0 Å². The third kappa shape index (κ3) is 3.65. The molecule has 78 valence electrons. The van der Waals surface area contributed by atoms with E-state index < -0.39 is 10.0 Å². The fourth-order valence-corrected chi connectivity index (χ4v) is 2.99. The summed E-state index contributed by atoms with van der Waals surface area (Å²) in [7, 11) is -3.02. The van der Waals surface area contributed by atoms with Gasteiger partial charge in [-0.2, -0.15) is 0 Å². The molecule has 0 aromatic rings. The minimum absolute atomic E-state index is 0.189. The second kappa shape index (κ2) is 4.42. The fourth-order valence-electron chi connectivity index (χ4n) is 2.13. The van der Waals surface area contributed by atoms with Crippen molar-refractivity contribution in [2.24, 2.45) is 5.92 Å². The molecule has 1 saturated carbocycles. The van der Waals surface area contributed by atoms with Crippen molar-refractivity contribution in [1.29, 1.82) is 0 Å². The van der Waals surface area contributed by atoms with E-state index in [0.29, 0.717) is 5.92 Å². The lowest BCUT2D eigenvalue weighted by Crippen LogP contribution is -2.41. The van der Waals surface area contributed by atoms with Crippen molar-refractivity contribution in [3.8, 4) is 0 Å². The van der Waals surface area contributed by atoms with E-state index in [2.05, 4.69) is 11.6 Å². The van der Waals surface area contributed by atoms with Crippen LogP contribution in [0.3, 0.4) is 0 Å². The Balaban J connectivity index is 2.55. The summed E-state index contributed by atoms with van der Waals surface area (Å²) in [6.45, 7) is 2.13. The first kappa shape index (κ1) is 11.0. The first-order chi connectivity index (χ1) is 6.03. The summed E-state index contributed by atoms with van der Waals surface area (Å²) in [5.74, 6) is 0.545. The highest BCUT2D eigenvalue weighted by molar-refractivity contribution is 7.88. The van der Waals surface area contributed by atoms with Gasteiger partial charge in [0.15, 0.2) is 0 Å². The molecule has 0 heterocycles. The van der Waals surface area contributed by atoms with Gasteiger partial charge in [0, 0.05) is 6.04 Å². The van der Waals surface area contributed by atoms with E-state index in [-0.39, 0.29) is 6.04 Å². The van der Waals surface area contributed by atoms with E-state index in [4.69, 9.17) is 0 Å². The molecule has 2 unspecified atom stereocenters. The lowest BCUT2D eigenvalue weighted by atomic mass is 9.83. The maximum atomic E-state index is 11.0. The van der Waals surface area contributed by atoms with Gasteiger partial charge in [-0.1, -0.05) is 26.2 Å². The summed E-state index contributed by atoms with van der Waals surface area (Å²) in [6, 6.07) is 0.189. The Morgan fingerprint density at radius 2 is 1.92 bits per heavy atom. The van der Waals surface area contributed by atoms with Crippen LogP contribution in [-0.2, 0) is 10.0 Å². The Kier molecular flexibility index (Phi) is 3.74. The highest BCUT2D eigenvalue weighted by atomic mass is 32.2. The lowest BCUT2D eigenvalue weighted by Gasteiger charge is -2.30. The molecular formula is C9H19NO2S. The molecule has 0 aromatic heterocycles. The number of hydrogen-bond donors (Lipinski definition) is 1. The minimum Gasteiger partial charge on any atom is -0.213 e. The Morgan fingerprint density at radius 1 is 1.31 bits per heavy atom. The molecule has 0 amide bonds. The molecule has 3 nitrogen and oxygen atoms in total. The second-order valence-corrected chi connectivity index (χ2v) is 5.73.